The molecule has 0 saturated heterocycles. The van der Waals surface area contributed by atoms with E-state index >= 15 is 0 Å². The largest absolute Gasteiger partial charge is 0.494 e. The van der Waals surface area contributed by atoms with Crippen LogP contribution in [0.2, 0.25) is 0 Å². The van der Waals surface area contributed by atoms with Crippen LogP contribution in [-0.4, -0.2) is 44.3 Å². The van der Waals surface area contributed by atoms with Crippen molar-refractivity contribution in [1.82, 2.24) is 4.31 Å². The van der Waals surface area contributed by atoms with Crippen LogP contribution in [0, 0.1) is 10.1 Å². The first kappa shape index (κ1) is 20.8. The number of benzene rings is 2. The number of non-ortho nitro benzene ring substituents is 1. The van der Waals surface area contributed by atoms with Crippen LogP contribution in [0.15, 0.2) is 51.8 Å². The molecule has 0 radical (unpaired) electrons. The van der Waals surface area contributed by atoms with Crippen molar-refractivity contribution in [3.05, 3.63) is 57.1 Å². The summed E-state index contributed by atoms with van der Waals surface area (Å²) in [6.45, 7) is -0.446. The highest BCUT2D eigenvalue weighted by Gasteiger charge is 2.23. The summed E-state index contributed by atoms with van der Waals surface area (Å²) in [5.74, 6) is -0.527. The van der Waals surface area contributed by atoms with Crippen LogP contribution in [0.5, 0.6) is 5.75 Å². The van der Waals surface area contributed by atoms with E-state index in [1.54, 1.807) is 12.1 Å². The van der Waals surface area contributed by atoms with Gasteiger partial charge in [0.15, 0.2) is 0 Å². The lowest BCUT2D eigenvalue weighted by Gasteiger charge is -2.17. The molecule has 2 aromatic carbocycles. The van der Waals surface area contributed by atoms with Gasteiger partial charge in [-0.2, -0.15) is 4.31 Å². The van der Waals surface area contributed by atoms with Gasteiger partial charge in [-0.1, -0.05) is 15.9 Å². The average molecular weight is 458 g/mol. The molecule has 2 rings (SSSR count). The van der Waals surface area contributed by atoms with E-state index in [1.165, 1.54) is 38.4 Å². The van der Waals surface area contributed by atoms with Gasteiger partial charge in [-0.3, -0.25) is 14.9 Å². The fourth-order valence-electron chi connectivity index (χ4n) is 2.16. The number of nitro groups is 1. The number of halogens is 1. The van der Waals surface area contributed by atoms with Gasteiger partial charge in [0.2, 0.25) is 15.9 Å². The molecule has 2 aromatic rings. The van der Waals surface area contributed by atoms with Crippen molar-refractivity contribution < 1.29 is 22.9 Å². The first-order valence-corrected chi connectivity index (χ1v) is 9.72. The van der Waals surface area contributed by atoms with E-state index in [0.29, 0.717) is 0 Å². The number of carbonyl (C=O) groups excluding carboxylic acids is 1. The number of hydrogen-bond acceptors (Lipinski definition) is 6. The molecule has 9 nitrogen and oxygen atoms in total. The molecular formula is C16H16BrN3O6S. The first-order valence-electron chi connectivity index (χ1n) is 7.49. The number of anilines is 1. The van der Waals surface area contributed by atoms with Crippen molar-refractivity contribution in [2.45, 2.75) is 4.90 Å². The van der Waals surface area contributed by atoms with Crippen LogP contribution in [0.4, 0.5) is 11.4 Å². The minimum atomic E-state index is -3.85. The van der Waals surface area contributed by atoms with Gasteiger partial charge in [-0.25, -0.2) is 8.42 Å². The number of ether oxygens (including phenoxy) is 1. The van der Waals surface area contributed by atoms with Crippen molar-refractivity contribution >= 4 is 43.2 Å². The lowest BCUT2D eigenvalue weighted by Crippen LogP contribution is -2.35. The van der Waals surface area contributed by atoms with E-state index in [0.717, 1.165) is 14.8 Å². The van der Waals surface area contributed by atoms with Gasteiger partial charge in [-0.15, -0.1) is 0 Å². The predicted molar refractivity (Wildman–Crippen MR) is 102 cm³/mol. The van der Waals surface area contributed by atoms with Gasteiger partial charge >= 0.3 is 0 Å². The van der Waals surface area contributed by atoms with Gasteiger partial charge in [0.25, 0.3) is 5.69 Å². The Bertz CT molecular complexity index is 963. The number of nitrogens with zero attached hydrogens (tertiary/aromatic N) is 2. The van der Waals surface area contributed by atoms with Gasteiger partial charge in [0.1, 0.15) is 5.75 Å². The van der Waals surface area contributed by atoms with Crippen molar-refractivity contribution in [3.8, 4) is 5.75 Å². The van der Waals surface area contributed by atoms with Gasteiger partial charge in [0.05, 0.1) is 35.2 Å². The third kappa shape index (κ3) is 5.02. The van der Waals surface area contributed by atoms with E-state index in [2.05, 4.69) is 21.2 Å². The normalized spacial score (nSPS) is 11.3. The molecule has 0 aliphatic rings. The number of sulfonamides is 1. The standard InChI is InChI=1S/C16H16BrN3O6S/c1-19(27(24,25)13-6-3-11(17)4-7-13)10-16(21)18-14-8-5-12(20(22)23)9-15(14)26-2/h3-9H,10H2,1-2H3,(H,18,21). The Morgan fingerprint density at radius 2 is 1.89 bits per heavy atom. The molecule has 0 spiro atoms. The second-order valence-electron chi connectivity index (χ2n) is 5.40. The second-order valence-corrected chi connectivity index (χ2v) is 8.37. The van der Waals surface area contributed by atoms with E-state index < -0.39 is 27.4 Å². The van der Waals surface area contributed by atoms with Gasteiger partial charge in [-0.05, 0) is 30.3 Å². The van der Waals surface area contributed by atoms with Crippen LogP contribution < -0.4 is 10.1 Å². The third-order valence-corrected chi connectivity index (χ3v) is 5.90. The summed E-state index contributed by atoms with van der Waals surface area (Å²) < 4.78 is 31.7. The van der Waals surface area contributed by atoms with Crippen molar-refractivity contribution in [2.75, 3.05) is 26.0 Å². The highest BCUT2D eigenvalue weighted by Crippen LogP contribution is 2.29. The Morgan fingerprint density at radius 3 is 2.44 bits per heavy atom. The van der Waals surface area contributed by atoms with E-state index in [-0.39, 0.29) is 22.0 Å². The third-order valence-electron chi connectivity index (χ3n) is 3.56. The van der Waals surface area contributed by atoms with Crippen LogP contribution in [-0.2, 0) is 14.8 Å². The quantitative estimate of drug-likeness (QED) is 0.503. The molecule has 0 fully saturated rings. The summed E-state index contributed by atoms with van der Waals surface area (Å²) in [4.78, 5) is 22.5. The Labute approximate surface area is 164 Å². The Hall–Kier alpha value is -2.50. The van der Waals surface area contributed by atoms with E-state index in [1.807, 2.05) is 0 Å². The van der Waals surface area contributed by atoms with E-state index in [9.17, 15) is 23.3 Å². The summed E-state index contributed by atoms with van der Waals surface area (Å²) >= 11 is 3.23. The number of carbonyl (C=O) groups is 1. The summed E-state index contributed by atoms with van der Waals surface area (Å²) in [5.41, 5.74) is 0.00215. The van der Waals surface area contributed by atoms with Gasteiger partial charge < -0.3 is 10.1 Å². The highest BCUT2D eigenvalue weighted by molar-refractivity contribution is 9.10. The molecule has 0 aliphatic carbocycles. The number of nitro benzene ring substituents is 1. The molecule has 27 heavy (non-hydrogen) atoms. The topological polar surface area (TPSA) is 119 Å². The summed E-state index contributed by atoms with van der Waals surface area (Å²) in [7, 11) is -1.26. The number of rotatable bonds is 7. The Balaban J connectivity index is 2.13. The maximum atomic E-state index is 12.5. The monoisotopic (exact) mass is 457 g/mol. The van der Waals surface area contributed by atoms with Crippen LogP contribution >= 0.6 is 15.9 Å². The molecular weight excluding hydrogens is 442 g/mol. The fourth-order valence-corrected chi connectivity index (χ4v) is 3.55. The molecule has 144 valence electrons. The summed E-state index contributed by atoms with van der Waals surface area (Å²) in [5, 5.41) is 13.3. The smallest absolute Gasteiger partial charge is 0.273 e. The number of amides is 1. The average Bonchev–Trinajstić information content (AvgIpc) is 2.62. The zero-order valence-electron chi connectivity index (χ0n) is 14.4. The maximum Gasteiger partial charge on any atom is 0.273 e. The summed E-state index contributed by atoms with van der Waals surface area (Å²) in [6.07, 6.45) is 0. The van der Waals surface area contributed by atoms with Crippen molar-refractivity contribution in [2.24, 2.45) is 0 Å². The predicted octanol–water partition coefficient (Wildman–Crippen LogP) is 2.63. The molecule has 0 atom stereocenters. The molecule has 0 saturated carbocycles. The minimum absolute atomic E-state index is 0.0499. The Morgan fingerprint density at radius 1 is 1.26 bits per heavy atom. The first-order chi connectivity index (χ1) is 12.6. The zero-order valence-corrected chi connectivity index (χ0v) is 16.8. The molecule has 0 aliphatic heterocycles. The maximum absolute atomic E-state index is 12.5. The lowest BCUT2D eigenvalue weighted by atomic mass is 10.2. The van der Waals surface area contributed by atoms with Crippen molar-refractivity contribution in [1.29, 1.82) is 0 Å². The van der Waals surface area contributed by atoms with Crippen LogP contribution in [0.25, 0.3) is 0 Å². The van der Waals surface area contributed by atoms with Crippen LogP contribution in [0.3, 0.4) is 0 Å². The number of methoxy groups -OCH3 is 1. The number of nitrogens with one attached hydrogen (secondary N) is 1. The fraction of sp³-hybridized carbons (Fsp3) is 0.188. The zero-order chi connectivity index (χ0) is 20.2. The molecule has 0 heterocycles. The van der Waals surface area contributed by atoms with E-state index in [4.69, 9.17) is 4.74 Å². The van der Waals surface area contributed by atoms with Crippen LogP contribution in [0.1, 0.15) is 0 Å². The molecule has 0 unspecified atom stereocenters. The molecule has 11 heteroatoms. The number of likely N-dealkylation sites (N-methyl/N-ethyl adjacent to an activating group) is 1. The summed E-state index contributed by atoms with van der Waals surface area (Å²) in [6, 6.07) is 9.71. The Kier molecular flexibility index (Phi) is 6.52. The second kappa shape index (κ2) is 8.46. The lowest BCUT2D eigenvalue weighted by molar-refractivity contribution is -0.384. The highest BCUT2D eigenvalue weighted by atomic mass is 79.9. The van der Waals surface area contributed by atoms with Gasteiger partial charge in [0, 0.05) is 17.6 Å². The number of hydrogen-bond donors (Lipinski definition) is 1. The molecule has 0 bridgehead atoms. The molecule has 1 amide bonds. The molecule has 0 aromatic heterocycles. The minimum Gasteiger partial charge on any atom is -0.494 e. The SMILES string of the molecule is COc1cc([N+](=O)[O-])ccc1NC(=O)CN(C)S(=O)(=O)c1ccc(Br)cc1. The van der Waals surface area contributed by atoms with Crippen molar-refractivity contribution in [3.63, 3.8) is 0 Å². The molecule has 1 N–H and O–H groups in total.